The van der Waals surface area contributed by atoms with Gasteiger partial charge in [0, 0.05) is 25.8 Å². The van der Waals surface area contributed by atoms with Gasteiger partial charge in [0.25, 0.3) is 0 Å². The number of hydrogen-bond acceptors (Lipinski definition) is 3. The van der Waals surface area contributed by atoms with Crippen LogP contribution in [0.4, 0.5) is 5.69 Å². The molecule has 0 aliphatic carbocycles. The van der Waals surface area contributed by atoms with Gasteiger partial charge < -0.3 is 15.3 Å². The Morgan fingerprint density at radius 1 is 1.26 bits per heavy atom. The monoisotopic (exact) mass is 264 g/mol. The Bertz CT molecular complexity index is 383. The molecule has 0 heterocycles. The molecule has 19 heavy (non-hydrogen) atoms. The van der Waals surface area contributed by atoms with E-state index in [0.29, 0.717) is 12.5 Å². The first-order valence-electron chi connectivity index (χ1n) is 7.02. The summed E-state index contributed by atoms with van der Waals surface area (Å²) in [6, 6.07) is 8.36. The van der Waals surface area contributed by atoms with Gasteiger partial charge in [0.05, 0.1) is 5.60 Å². The molecule has 1 aromatic rings. The maximum Gasteiger partial charge on any atom is 0.0765 e. The maximum atomic E-state index is 9.93. The fraction of sp³-hybridized carbons (Fsp3) is 0.625. The smallest absolute Gasteiger partial charge is 0.0765 e. The van der Waals surface area contributed by atoms with Crippen molar-refractivity contribution in [3.63, 3.8) is 0 Å². The first-order chi connectivity index (χ1) is 8.79. The van der Waals surface area contributed by atoms with E-state index in [9.17, 15) is 5.11 Å². The second-order valence-electron chi connectivity index (χ2n) is 6.32. The lowest BCUT2D eigenvalue weighted by molar-refractivity contribution is 0.0886. The van der Waals surface area contributed by atoms with Crippen LogP contribution in [0.3, 0.4) is 0 Å². The highest BCUT2D eigenvalue weighted by atomic mass is 16.3. The van der Waals surface area contributed by atoms with Crippen LogP contribution in [-0.2, 0) is 6.54 Å². The van der Waals surface area contributed by atoms with Gasteiger partial charge in [0.2, 0.25) is 0 Å². The van der Waals surface area contributed by atoms with Crippen molar-refractivity contribution in [3.8, 4) is 0 Å². The largest absolute Gasteiger partial charge is 0.389 e. The van der Waals surface area contributed by atoms with Crippen molar-refractivity contribution in [2.75, 3.05) is 25.0 Å². The normalized spacial score (nSPS) is 11.9. The van der Waals surface area contributed by atoms with E-state index >= 15 is 0 Å². The van der Waals surface area contributed by atoms with Crippen LogP contribution >= 0.6 is 0 Å². The van der Waals surface area contributed by atoms with Gasteiger partial charge in [0.15, 0.2) is 0 Å². The molecule has 0 spiro atoms. The summed E-state index contributed by atoms with van der Waals surface area (Å²) in [7, 11) is 2.03. The highest BCUT2D eigenvalue weighted by Crippen LogP contribution is 2.20. The Morgan fingerprint density at radius 2 is 1.89 bits per heavy atom. The Balaban J connectivity index is 2.72. The Kier molecular flexibility index (Phi) is 5.83. The van der Waals surface area contributed by atoms with E-state index in [1.165, 1.54) is 11.3 Å². The minimum absolute atomic E-state index is 0.619. The average Bonchev–Trinajstić information content (AvgIpc) is 2.26. The molecule has 0 aromatic heterocycles. The summed E-state index contributed by atoms with van der Waals surface area (Å²) in [6.07, 6.45) is 0. The van der Waals surface area contributed by atoms with Crippen molar-refractivity contribution in [3.05, 3.63) is 29.8 Å². The Hall–Kier alpha value is -1.06. The van der Waals surface area contributed by atoms with Gasteiger partial charge in [-0.3, -0.25) is 0 Å². The van der Waals surface area contributed by atoms with E-state index in [1.54, 1.807) is 0 Å². The van der Waals surface area contributed by atoms with Crippen molar-refractivity contribution in [2.45, 2.75) is 39.8 Å². The molecule has 3 nitrogen and oxygen atoms in total. The molecule has 0 bridgehead atoms. The average molecular weight is 264 g/mol. The molecule has 2 N–H and O–H groups in total. The minimum Gasteiger partial charge on any atom is -0.389 e. The summed E-state index contributed by atoms with van der Waals surface area (Å²) in [6.45, 7) is 10.6. The molecule has 0 saturated carbocycles. The van der Waals surface area contributed by atoms with Crippen LogP contribution in [0.25, 0.3) is 0 Å². The number of aliphatic hydroxyl groups is 1. The third-order valence-electron chi connectivity index (χ3n) is 2.90. The summed E-state index contributed by atoms with van der Waals surface area (Å²) in [5, 5.41) is 13.4. The van der Waals surface area contributed by atoms with Crippen molar-refractivity contribution in [2.24, 2.45) is 5.92 Å². The van der Waals surface area contributed by atoms with Crippen LogP contribution in [0.1, 0.15) is 33.3 Å². The topological polar surface area (TPSA) is 35.5 Å². The molecule has 0 fully saturated rings. The molecule has 0 unspecified atom stereocenters. The first-order valence-corrected chi connectivity index (χ1v) is 7.02. The van der Waals surface area contributed by atoms with Crippen molar-refractivity contribution >= 4 is 5.69 Å². The third-order valence-corrected chi connectivity index (χ3v) is 2.90. The van der Waals surface area contributed by atoms with E-state index in [1.807, 2.05) is 27.0 Å². The van der Waals surface area contributed by atoms with Gasteiger partial charge in [-0.05, 0) is 37.9 Å². The summed E-state index contributed by atoms with van der Waals surface area (Å²) < 4.78 is 0. The number of nitrogens with one attached hydrogen (secondary N) is 1. The summed E-state index contributed by atoms with van der Waals surface area (Å²) in [5.74, 6) is 0.654. The molecule has 1 aromatic carbocycles. The van der Waals surface area contributed by atoms with Crippen molar-refractivity contribution < 1.29 is 5.11 Å². The fourth-order valence-electron chi connectivity index (χ4n) is 2.19. The zero-order valence-corrected chi connectivity index (χ0v) is 12.9. The van der Waals surface area contributed by atoms with E-state index in [2.05, 4.69) is 42.3 Å². The Morgan fingerprint density at radius 3 is 2.47 bits per heavy atom. The second-order valence-corrected chi connectivity index (χ2v) is 6.32. The molecule has 0 atom stereocenters. The molecular weight excluding hydrogens is 236 g/mol. The van der Waals surface area contributed by atoms with Gasteiger partial charge in [-0.2, -0.15) is 0 Å². The quantitative estimate of drug-likeness (QED) is 0.795. The second kappa shape index (κ2) is 6.92. The molecule has 0 aliphatic rings. The van der Waals surface area contributed by atoms with Crippen LogP contribution in [-0.4, -0.2) is 30.8 Å². The summed E-state index contributed by atoms with van der Waals surface area (Å²) in [4.78, 5) is 2.12. The fourth-order valence-corrected chi connectivity index (χ4v) is 2.19. The zero-order chi connectivity index (χ0) is 14.5. The lowest BCUT2D eigenvalue weighted by Gasteiger charge is -2.29. The van der Waals surface area contributed by atoms with E-state index in [-0.39, 0.29) is 0 Å². The van der Waals surface area contributed by atoms with Gasteiger partial charge >= 0.3 is 0 Å². The standard InChI is InChI=1S/C16H28N2O/c1-13(2)10-17-11-14-8-6-7-9-15(14)18(5)12-16(3,4)19/h6-9,13,17,19H,10-12H2,1-5H3. The van der Waals surface area contributed by atoms with E-state index in [0.717, 1.165) is 13.1 Å². The predicted octanol–water partition coefficient (Wildman–Crippen LogP) is 2.64. The lowest BCUT2D eigenvalue weighted by Crippen LogP contribution is -2.36. The van der Waals surface area contributed by atoms with Crippen LogP contribution in [0.5, 0.6) is 0 Å². The summed E-state index contributed by atoms with van der Waals surface area (Å²) >= 11 is 0. The molecule has 0 amide bonds. The minimum atomic E-state index is -0.687. The van der Waals surface area contributed by atoms with E-state index in [4.69, 9.17) is 0 Å². The van der Waals surface area contributed by atoms with Crippen LogP contribution < -0.4 is 10.2 Å². The number of anilines is 1. The zero-order valence-electron chi connectivity index (χ0n) is 12.9. The van der Waals surface area contributed by atoms with Crippen molar-refractivity contribution in [1.29, 1.82) is 0 Å². The number of para-hydroxylation sites is 1. The Labute approximate surface area is 117 Å². The number of nitrogens with zero attached hydrogens (tertiary/aromatic N) is 1. The van der Waals surface area contributed by atoms with Crippen LogP contribution in [0, 0.1) is 5.92 Å². The lowest BCUT2D eigenvalue weighted by atomic mass is 10.1. The van der Waals surface area contributed by atoms with Gasteiger partial charge in [0.1, 0.15) is 0 Å². The van der Waals surface area contributed by atoms with E-state index < -0.39 is 5.60 Å². The number of likely N-dealkylation sites (N-methyl/N-ethyl adjacent to an activating group) is 1. The van der Waals surface area contributed by atoms with Gasteiger partial charge in [-0.25, -0.2) is 0 Å². The molecule has 3 heteroatoms. The number of hydrogen-bond donors (Lipinski definition) is 2. The number of benzene rings is 1. The molecule has 108 valence electrons. The van der Waals surface area contributed by atoms with Crippen LogP contribution in [0.2, 0.25) is 0 Å². The first kappa shape index (κ1) is 16.0. The van der Waals surface area contributed by atoms with Gasteiger partial charge in [-0.1, -0.05) is 32.0 Å². The van der Waals surface area contributed by atoms with Crippen molar-refractivity contribution in [1.82, 2.24) is 5.32 Å². The molecule has 0 radical (unpaired) electrons. The molecule has 1 rings (SSSR count). The highest BCUT2D eigenvalue weighted by molar-refractivity contribution is 5.53. The number of rotatable bonds is 7. The van der Waals surface area contributed by atoms with Gasteiger partial charge in [-0.15, -0.1) is 0 Å². The molecule has 0 saturated heterocycles. The summed E-state index contributed by atoms with van der Waals surface area (Å²) in [5.41, 5.74) is 1.77. The SMILES string of the molecule is CC(C)CNCc1ccccc1N(C)CC(C)(C)O. The van der Waals surface area contributed by atoms with Crippen LogP contribution in [0.15, 0.2) is 24.3 Å². The maximum absolute atomic E-state index is 9.93. The highest BCUT2D eigenvalue weighted by Gasteiger charge is 2.17. The predicted molar refractivity (Wildman–Crippen MR) is 82.6 cm³/mol. The molecular formula is C16H28N2O. The molecule has 0 aliphatic heterocycles. The third kappa shape index (κ3) is 6.08.